The van der Waals surface area contributed by atoms with E-state index in [9.17, 15) is 0 Å². The van der Waals surface area contributed by atoms with Gasteiger partial charge in [-0.2, -0.15) is 0 Å². The van der Waals surface area contributed by atoms with Gasteiger partial charge in [-0.3, -0.25) is 0 Å². The Hall–Kier alpha value is -1.63. The second kappa shape index (κ2) is 7.65. The third kappa shape index (κ3) is 4.71. The number of hydrogen-bond acceptors (Lipinski definition) is 0. The maximum absolute atomic E-state index is 4.06. The molecule has 1 rings (SSSR count). The second-order valence-electron chi connectivity index (χ2n) is 4.41. The molecular weight excluding hydrogens is 215 g/mol. The van der Waals surface area contributed by atoms with Gasteiger partial charge in [0.25, 0.3) is 0 Å². The summed E-state index contributed by atoms with van der Waals surface area (Å²) >= 11 is 0. The van der Waals surface area contributed by atoms with E-state index >= 15 is 0 Å². The summed E-state index contributed by atoms with van der Waals surface area (Å²) in [5, 5.41) is 0. The van der Waals surface area contributed by atoms with Crippen molar-refractivity contribution >= 4 is 13.5 Å². The number of rotatable bonds is 6. The molecule has 18 heavy (non-hydrogen) atoms. The van der Waals surface area contributed by atoms with Crippen molar-refractivity contribution in [2.75, 3.05) is 0 Å². The van der Waals surface area contributed by atoms with Gasteiger partial charge in [0.1, 0.15) is 0 Å². The van der Waals surface area contributed by atoms with Crippen molar-refractivity contribution in [2.45, 2.75) is 26.7 Å². The Bertz CT molecular complexity index is 461. The van der Waals surface area contributed by atoms with E-state index < -0.39 is 0 Å². The van der Waals surface area contributed by atoms with E-state index in [1.165, 1.54) is 16.7 Å². The average Bonchev–Trinajstić information content (AvgIpc) is 2.39. The second-order valence-corrected chi connectivity index (χ2v) is 4.41. The van der Waals surface area contributed by atoms with Gasteiger partial charge in [0, 0.05) is 0 Å². The van der Waals surface area contributed by atoms with Gasteiger partial charge in [-0.25, -0.2) is 0 Å². The molecule has 0 nitrogen and oxygen atoms in total. The minimum atomic E-state index is 0.950. The van der Waals surface area contributed by atoms with Crippen molar-refractivity contribution in [1.29, 1.82) is 0 Å². The number of benzene rings is 1. The average molecular weight is 236 g/mol. The van der Waals surface area contributed by atoms with Crippen LogP contribution in [0.25, 0.3) is 0 Å². The van der Waals surface area contributed by atoms with E-state index in [2.05, 4.69) is 64.3 Å². The molecule has 0 N–H and O–H groups in total. The quantitative estimate of drug-likeness (QED) is 0.522. The molecular formula is C17H21B. The van der Waals surface area contributed by atoms with E-state index in [0.717, 1.165) is 18.4 Å². The first kappa shape index (κ1) is 14.4. The summed E-state index contributed by atoms with van der Waals surface area (Å²) in [6.45, 7) is 8.29. The Morgan fingerprint density at radius 3 is 2.50 bits per heavy atom. The topological polar surface area (TPSA) is 0 Å². The Balaban J connectivity index is 2.68. The summed E-state index contributed by atoms with van der Waals surface area (Å²) in [5.74, 6) is 1.81. The van der Waals surface area contributed by atoms with Crippen LogP contribution in [0.1, 0.15) is 24.5 Å². The van der Waals surface area contributed by atoms with Crippen LogP contribution in [0.2, 0.25) is 0 Å². The van der Waals surface area contributed by atoms with Crippen LogP contribution in [0.15, 0.2) is 60.2 Å². The van der Waals surface area contributed by atoms with Crippen LogP contribution < -0.4 is 0 Å². The van der Waals surface area contributed by atoms with Crippen LogP contribution in [0.5, 0.6) is 0 Å². The first-order valence-corrected chi connectivity index (χ1v) is 6.40. The third-order valence-corrected chi connectivity index (χ3v) is 2.90. The minimum absolute atomic E-state index is 0.950. The summed E-state index contributed by atoms with van der Waals surface area (Å²) in [4.78, 5) is 0. The molecule has 0 radical (unpaired) electrons. The summed E-state index contributed by atoms with van der Waals surface area (Å²) in [7, 11) is 3.74. The first-order chi connectivity index (χ1) is 8.67. The molecule has 1 heteroatoms. The van der Waals surface area contributed by atoms with Crippen LogP contribution in [-0.2, 0) is 6.42 Å². The maximum atomic E-state index is 4.06. The molecule has 0 aliphatic heterocycles. The summed E-state index contributed by atoms with van der Waals surface area (Å²) < 4.78 is 0. The SMILES string of the molecule is B=C/C=C(\C=C/Cc1ccc(C)cc1)C(=C)CC. The molecule has 0 heterocycles. The molecule has 0 aliphatic rings. The van der Waals surface area contributed by atoms with Crippen molar-refractivity contribution in [2.24, 2.45) is 0 Å². The van der Waals surface area contributed by atoms with Crippen molar-refractivity contribution in [3.8, 4) is 0 Å². The molecule has 0 saturated carbocycles. The molecule has 0 saturated heterocycles. The number of allylic oxidation sites excluding steroid dienone is 5. The predicted octanol–water partition coefficient (Wildman–Crippen LogP) is 3.69. The van der Waals surface area contributed by atoms with Crippen LogP contribution in [0.4, 0.5) is 0 Å². The summed E-state index contributed by atoms with van der Waals surface area (Å²) in [5.41, 5.74) is 4.95. The molecule has 0 amide bonds. The molecule has 0 unspecified atom stereocenters. The van der Waals surface area contributed by atoms with Gasteiger partial charge in [0.15, 0.2) is 0 Å². The van der Waals surface area contributed by atoms with Gasteiger partial charge in [-0.05, 0) is 0 Å². The van der Waals surface area contributed by atoms with Gasteiger partial charge >= 0.3 is 111 Å². The van der Waals surface area contributed by atoms with Crippen LogP contribution in [0, 0.1) is 6.92 Å². The fourth-order valence-corrected chi connectivity index (χ4v) is 1.67. The molecule has 0 spiro atoms. The monoisotopic (exact) mass is 236 g/mol. The molecule has 92 valence electrons. The third-order valence-electron chi connectivity index (χ3n) is 2.90. The standard InChI is InChI=1S/C17H21B/c1-4-15(3)17(12-13-18)7-5-6-16-10-8-14(2)9-11-16/h5,7-13,18H,3-4,6H2,1-2H3/b7-5-,17-12+. The molecule has 0 bridgehead atoms. The van der Waals surface area contributed by atoms with Gasteiger partial charge in [0.05, 0.1) is 0 Å². The Morgan fingerprint density at radius 2 is 1.94 bits per heavy atom. The van der Waals surface area contributed by atoms with Gasteiger partial charge < -0.3 is 0 Å². The van der Waals surface area contributed by atoms with Gasteiger partial charge in [-0.15, -0.1) is 0 Å². The number of hydrogen-bond donors (Lipinski definition) is 0. The molecule has 1 aromatic carbocycles. The zero-order valence-electron chi connectivity index (χ0n) is 11.4. The summed E-state index contributed by atoms with van der Waals surface area (Å²) in [6.07, 6.45) is 8.24. The van der Waals surface area contributed by atoms with Crippen LogP contribution >= 0.6 is 0 Å². The molecule has 0 aliphatic carbocycles. The Morgan fingerprint density at radius 1 is 1.28 bits per heavy atom. The van der Waals surface area contributed by atoms with Crippen LogP contribution in [0.3, 0.4) is 0 Å². The molecule has 0 atom stereocenters. The van der Waals surface area contributed by atoms with Gasteiger partial charge in [0.2, 0.25) is 0 Å². The molecule has 0 fully saturated rings. The van der Waals surface area contributed by atoms with Crippen molar-refractivity contribution in [1.82, 2.24) is 0 Å². The first-order valence-electron chi connectivity index (χ1n) is 6.40. The fraction of sp³-hybridized carbons (Fsp3) is 0.235. The number of aryl methyl sites for hydroxylation is 1. The Kier molecular flexibility index (Phi) is 6.14. The van der Waals surface area contributed by atoms with Crippen molar-refractivity contribution in [3.63, 3.8) is 0 Å². The summed E-state index contributed by atoms with van der Waals surface area (Å²) in [6, 6.07) is 8.64. The normalized spacial score (nSPS) is 11.7. The van der Waals surface area contributed by atoms with E-state index in [-0.39, 0.29) is 0 Å². The van der Waals surface area contributed by atoms with E-state index in [0.29, 0.717) is 0 Å². The van der Waals surface area contributed by atoms with E-state index in [1.807, 2.05) is 12.0 Å². The zero-order chi connectivity index (χ0) is 13.4. The fourth-order valence-electron chi connectivity index (χ4n) is 1.67. The molecule has 1 aromatic rings. The van der Waals surface area contributed by atoms with Crippen molar-refractivity contribution < 1.29 is 0 Å². The van der Waals surface area contributed by atoms with Crippen LogP contribution in [-0.4, -0.2) is 13.5 Å². The van der Waals surface area contributed by atoms with Crippen molar-refractivity contribution in [3.05, 3.63) is 71.3 Å². The Labute approximate surface area is 112 Å². The molecule has 0 aromatic heterocycles. The zero-order valence-corrected chi connectivity index (χ0v) is 11.4. The van der Waals surface area contributed by atoms with Gasteiger partial charge in [-0.1, -0.05) is 0 Å². The predicted molar refractivity (Wildman–Crippen MR) is 84.8 cm³/mol. The van der Waals surface area contributed by atoms with E-state index in [1.54, 1.807) is 0 Å². The van der Waals surface area contributed by atoms with E-state index in [4.69, 9.17) is 0 Å².